The minimum Gasteiger partial charge on any atom is -0.496 e. The number of nitrogens with one attached hydrogen (secondary N) is 4. The van der Waals surface area contributed by atoms with Gasteiger partial charge in [0.2, 0.25) is 0 Å². The van der Waals surface area contributed by atoms with Gasteiger partial charge in [0, 0.05) is 22.9 Å². The lowest BCUT2D eigenvalue weighted by atomic mass is 9.91. The summed E-state index contributed by atoms with van der Waals surface area (Å²) in [4.78, 5) is 36.2. The first-order valence-electron chi connectivity index (χ1n) is 9.88. The van der Waals surface area contributed by atoms with Gasteiger partial charge in [0.25, 0.3) is 21.8 Å². The Morgan fingerprint density at radius 1 is 1.16 bits per heavy atom. The molecule has 4 N–H and O–H groups in total. The zero-order valence-electron chi connectivity index (χ0n) is 17.4. The van der Waals surface area contributed by atoms with Crippen molar-refractivity contribution in [2.24, 2.45) is 0 Å². The molecule has 4 amide bonds. The first-order valence-corrected chi connectivity index (χ1v) is 11.4. The van der Waals surface area contributed by atoms with Gasteiger partial charge in [0.1, 0.15) is 11.3 Å². The molecule has 0 aromatic heterocycles. The van der Waals surface area contributed by atoms with E-state index in [-0.39, 0.29) is 33.8 Å². The SMILES string of the molecule is COc1ccc(S(=O)(=O)Nc2cccc(C(=O)NC3CC3)c2)cc1[C@]1(C)NC(=O)NC1=O. The van der Waals surface area contributed by atoms with Crippen molar-refractivity contribution in [1.29, 1.82) is 0 Å². The summed E-state index contributed by atoms with van der Waals surface area (Å²) >= 11 is 0. The molecule has 2 aromatic carbocycles. The largest absolute Gasteiger partial charge is 0.496 e. The van der Waals surface area contributed by atoms with Crippen LogP contribution in [0.3, 0.4) is 0 Å². The monoisotopic (exact) mass is 458 g/mol. The highest BCUT2D eigenvalue weighted by molar-refractivity contribution is 7.92. The van der Waals surface area contributed by atoms with E-state index in [0.717, 1.165) is 12.8 Å². The number of carbonyl (C=O) groups is 3. The molecule has 0 unspecified atom stereocenters. The van der Waals surface area contributed by atoms with Gasteiger partial charge < -0.3 is 15.4 Å². The van der Waals surface area contributed by atoms with E-state index in [1.165, 1.54) is 44.4 Å². The standard InChI is InChI=1S/C21H22N4O6S/c1-21(19(27)23-20(28)24-21)16-11-15(8-9-17(16)31-2)32(29,30)25-14-5-3-4-12(10-14)18(26)22-13-6-7-13/h3-5,8-11,13,25H,6-7H2,1-2H3,(H,22,26)(H2,23,24,27,28)/t21-/m0/s1. The van der Waals surface area contributed by atoms with Crippen LogP contribution in [0, 0.1) is 0 Å². The summed E-state index contributed by atoms with van der Waals surface area (Å²) in [7, 11) is -2.71. The molecule has 2 fully saturated rings. The molecule has 1 saturated heterocycles. The van der Waals surface area contributed by atoms with Gasteiger partial charge in [-0.05, 0) is 56.2 Å². The number of benzene rings is 2. The lowest BCUT2D eigenvalue weighted by Crippen LogP contribution is -2.41. The molecule has 2 aliphatic rings. The van der Waals surface area contributed by atoms with Crippen molar-refractivity contribution in [3.8, 4) is 5.75 Å². The fourth-order valence-corrected chi connectivity index (χ4v) is 4.49. The predicted octanol–water partition coefficient (Wildman–Crippen LogP) is 1.44. The first-order chi connectivity index (χ1) is 15.1. The van der Waals surface area contributed by atoms with Crippen LogP contribution in [0.15, 0.2) is 47.4 Å². The molecule has 0 spiro atoms. The Labute approximate surface area is 184 Å². The normalized spacial score (nSPS) is 20.3. The van der Waals surface area contributed by atoms with Crippen LogP contribution in [-0.4, -0.2) is 39.4 Å². The predicted molar refractivity (Wildman–Crippen MR) is 115 cm³/mol. The van der Waals surface area contributed by atoms with E-state index >= 15 is 0 Å². The van der Waals surface area contributed by atoms with E-state index in [2.05, 4.69) is 20.7 Å². The molecular formula is C21H22N4O6S. The van der Waals surface area contributed by atoms with Gasteiger partial charge in [0.15, 0.2) is 0 Å². The zero-order chi connectivity index (χ0) is 23.1. The number of urea groups is 1. The van der Waals surface area contributed by atoms with Crippen molar-refractivity contribution in [2.45, 2.75) is 36.2 Å². The molecule has 32 heavy (non-hydrogen) atoms. The maximum Gasteiger partial charge on any atom is 0.322 e. The van der Waals surface area contributed by atoms with E-state index in [1.807, 2.05) is 0 Å². The second kappa shape index (κ2) is 7.83. The van der Waals surface area contributed by atoms with E-state index in [1.54, 1.807) is 12.1 Å². The Balaban J connectivity index is 1.64. The Morgan fingerprint density at radius 2 is 1.91 bits per heavy atom. The van der Waals surface area contributed by atoms with Crippen LogP contribution in [0.5, 0.6) is 5.75 Å². The summed E-state index contributed by atoms with van der Waals surface area (Å²) < 4.78 is 33.8. The molecule has 0 bridgehead atoms. The van der Waals surface area contributed by atoms with Crippen molar-refractivity contribution in [3.05, 3.63) is 53.6 Å². The number of hydrogen-bond acceptors (Lipinski definition) is 6. The number of sulfonamides is 1. The molecule has 4 rings (SSSR count). The second-order valence-electron chi connectivity index (χ2n) is 7.83. The highest BCUT2D eigenvalue weighted by Crippen LogP contribution is 2.34. The summed E-state index contributed by atoms with van der Waals surface area (Å²) in [5.74, 6) is -0.656. The van der Waals surface area contributed by atoms with Crippen molar-refractivity contribution in [3.63, 3.8) is 0 Å². The van der Waals surface area contributed by atoms with Gasteiger partial charge in [-0.25, -0.2) is 13.2 Å². The Bertz CT molecular complexity index is 1220. The quantitative estimate of drug-likeness (QED) is 0.463. The average molecular weight is 458 g/mol. The molecule has 1 aliphatic heterocycles. The van der Waals surface area contributed by atoms with Crippen molar-refractivity contribution in [1.82, 2.24) is 16.0 Å². The minimum absolute atomic E-state index is 0.142. The van der Waals surface area contributed by atoms with Gasteiger partial charge >= 0.3 is 6.03 Å². The molecule has 10 nitrogen and oxygen atoms in total. The van der Waals surface area contributed by atoms with Crippen LogP contribution < -0.4 is 25.4 Å². The average Bonchev–Trinajstić information content (AvgIpc) is 3.52. The molecule has 0 radical (unpaired) electrons. The number of rotatable bonds is 7. The van der Waals surface area contributed by atoms with Crippen molar-refractivity contribution in [2.75, 3.05) is 11.8 Å². The number of amides is 4. The van der Waals surface area contributed by atoms with Crippen LogP contribution in [0.4, 0.5) is 10.5 Å². The van der Waals surface area contributed by atoms with E-state index in [9.17, 15) is 22.8 Å². The first kappa shape index (κ1) is 21.6. The van der Waals surface area contributed by atoms with E-state index in [0.29, 0.717) is 5.56 Å². The van der Waals surface area contributed by atoms with Gasteiger partial charge in [-0.2, -0.15) is 0 Å². The number of hydrogen-bond donors (Lipinski definition) is 4. The molecule has 1 atom stereocenters. The van der Waals surface area contributed by atoms with E-state index in [4.69, 9.17) is 4.74 Å². The lowest BCUT2D eigenvalue weighted by molar-refractivity contribution is -0.123. The Kier molecular flexibility index (Phi) is 5.29. The molecule has 168 valence electrons. The lowest BCUT2D eigenvalue weighted by Gasteiger charge is -2.24. The van der Waals surface area contributed by atoms with Gasteiger partial charge in [-0.15, -0.1) is 0 Å². The summed E-state index contributed by atoms with van der Waals surface area (Å²) in [6.45, 7) is 1.46. The number of imide groups is 1. The number of anilines is 1. The third kappa shape index (κ3) is 4.11. The van der Waals surface area contributed by atoms with Crippen LogP contribution in [0.1, 0.15) is 35.7 Å². The topological polar surface area (TPSA) is 143 Å². The van der Waals surface area contributed by atoms with Crippen LogP contribution >= 0.6 is 0 Å². The maximum atomic E-state index is 13.0. The van der Waals surface area contributed by atoms with Crippen molar-refractivity contribution < 1.29 is 27.5 Å². The molecule has 11 heteroatoms. The highest BCUT2D eigenvalue weighted by atomic mass is 32.2. The molecule has 1 aliphatic carbocycles. The highest BCUT2D eigenvalue weighted by Gasteiger charge is 2.45. The third-order valence-corrected chi connectivity index (χ3v) is 6.73. The number of carbonyl (C=O) groups excluding carboxylic acids is 3. The van der Waals surface area contributed by atoms with Crippen molar-refractivity contribution >= 4 is 33.6 Å². The van der Waals surface area contributed by atoms with Gasteiger partial charge in [0.05, 0.1) is 12.0 Å². The van der Waals surface area contributed by atoms with Crippen LogP contribution in [0.2, 0.25) is 0 Å². The molecule has 1 heterocycles. The minimum atomic E-state index is -4.08. The third-order valence-electron chi connectivity index (χ3n) is 5.35. The van der Waals surface area contributed by atoms with E-state index < -0.39 is 27.5 Å². The second-order valence-corrected chi connectivity index (χ2v) is 9.51. The summed E-state index contributed by atoms with van der Waals surface area (Å²) in [6.07, 6.45) is 1.88. The molecule has 2 aromatic rings. The summed E-state index contributed by atoms with van der Waals surface area (Å²) in [6, 6.07) is 9.66. The maximum absolute atomic E-state index is 13.0. The molecule has 1 saturated carbocycles. The summed E-state index contributed by atoms with van der Waals surface area (Å²) in [5.41, 5.74) is -0.771. The Hall–Kier alpha value is -3.60. The Morgan fingerprint density at radius 3 is 2.53 bits per heavy atom. The van der Waals surface area contributed by atoms with Gasteiger partial charge in [-0.1, -0.05) is 6.07 Å². The number of ether oxygens (including phenoxy) is 1. The summed E-state index contributed by atoms with van der Waals surface area (Å²) in [5, 5.41) is 7.50. The number of methoxy groups -OCH3 is 1. The van der Waals surface area contributed by atoms with Crippen LogP contribution in [0.25, 0.3) is 0 Å². The zero-order valence-corrected chi connectivity index (χ0v) is 18.2. The smallest absolute Gasteiger partial charge is 0.322 e. The fraction of sp³-hybridized carbons (Fsp3) is 0.286. The van der Waals surface area contributed by atoms with Crippen LogP contribution in [-0.2, 0) is 20.4 Å². The fourth-order valence-electron chi connectivity index (χ4n) is 3.41. The van der Waals surface area contributed by atoms with Gasteiger partial charge in [-0.3, -0.25) is 19.6 Å². The molecular weight excluding hydrogens is 436 g/mol.